The molecule has 10 heteroatoms. The number of aryl methyl sites for hydroxylation is 2. The van der Waals surface area contributed by atoms with Crippen molar-refractivity contribution in [3.8, 4) is 16.9 Å². The number of halogens is 1. The molecule has 166 valence electrons. The molecule has 33 heavy (non-hydrogen) atoms. The van der Waals surface area contributed by atoms with Crippen molar-refractivity contribution in [1.82, 2.24) is 19.5 Å². The Morgan fingerprint density at radius 2 is 1.97 bits per heavy atom. The highest BCUT2D eigenvalue weighted by Crippen LogP contribution is 2.32. The van der Waals surface area contributed by atoms with Gasteiger partial charge in [0.1, 0.15) is 17.0 Å². The van der Waals surface area contributed by atoms with E-state index in [9.17, 15) is 14.0 Å². The minimum atomic E-state index is -0.498. The van der Waals surface area contributed by atoms with Gasteiger partial charge in [-0.05, 0) is 51.1 Å². The number of carbonyl (C=O) groups is 1. The molecule has 0 saturated heterocycles. The molecule has 0 unspecified atom stereocenters. The largest absolute Gasteiger partial charge is 0.442 e. The number of hydrogen-bond donors (Lipinski definition) is 2. The highest BCUT2D eigenvalue weighted by atomic mass is 32.1. The van der Waals surface area contributed by atoms with Crippen LogP contribution in [0.4, 0.5) is 9.52 Å². The van der Waals surface area contributed by atoms with E-state index in [0.717, 1.165) is 22.6 Å². The molecule has 0 aliphatic rings. The zero-order valence-corrected chi connectivity index (χ0v) is 18.7. The van der Waals surface area contributed by atoms with E-state index < -0.39 is 11.5 Å². The number of aromatic nitrogens is 4. The number of anilines is 1. The summed E-state index contributed by atoms with van der Waals surface area (Å²) in [6, 6.07) is 8.29. The zero-order chi connectivity index (χ0) is 23.3. The van der Waals surface area contributed by atoms with Gasteiger partial charge in [-0.1, -0.05) is 0 Å². The van der Waals surface area contributed by atoms with Crippen LogP contribution in [0, 0.1) is 26.6 Å². The van der Waals surface area contributed by atoms with E-state index in [1.54, 1.807) is 19.1 Å². The molecule has 0 fully saturated rings. The van der Waals surface area contributed by atoms with Gasteiger partial charge in [-0.2, -0.15) is 0 Å². The third-order valence-corrected chi connectivity index (χ3v) is 6.17. The second-order valence-corrected chi connectivity index (χ2v) is 8.39. The van der Waals surface area contributed by atoms with Crippen molar-refractivity contribution in [3.05, 3.63) is 80.9 Å². The van der Waals surface area contributed by atoms with E-state index in [0.29, 0.717) is 16.6 Å². The van der Waals surface area contributed by atoms with E-state index in [2.05, 4.69) is 20.3 Å². The molecule has 0 aliphatic heterocycles. The first-order valence-electron chi connectivity index (χ1n) is 10.0. The van der Waals surface area contributed by atoms with Crippen molar-refractivity contribution in [2.45, 2.75) is 20.8 Å². The molecular weight excluding hydrogens is 445 g/mol. The Bertz CT molecular complexity index is 1580. The second-order valence-electron chi connectivity index (χ2n) is 7.53. The van der Waals surface area contributed by atoms with Gasteiger partial charge in [0.25, 0.3) is 11.5 Å². The smallest absolute Gasteiger partial charge is 0.262 e. The van der Waals surface area contributed by atoms with Gasteiger partial charge >= 0.3 is 0 Å². The SMILES string of the molecule is Cc1oc2nc[nH]c(=O)c2c1C(=O)Nc1nc(-c2cc(C)n(-c3ccc(F)cc3)c2C)cs1. The Labute approximate surface area is 190 Å². The van der Waals surface area contributed by atoms with E-state index in [-0.39, 0.29) is 22.5 Å². The van der Waals surface area contributed by atoms with Crippen LogP contribution < -0.4 is 10.9 Å². The molecular formula is C23H18FN5O3S. The lowest BCUT2D eigenvalue weighted by Gasteiger charge is -2.09. The molecule has 1 amide bonds. The quantitative estimate of drug-likeness (QED) is 0.400. The number of carbonyl (C=O) groups excluding carboxylic acids is 1. The van der Waals surface area contributed by atoms with E-state index >= 15 is 0 Å². The van der Waals surface area contributed by atoms with Gasteiger partial charge in [-0.3, -0.25) is 14.9 Å². The number of hydrogen-bond acceptors (Lipinski definition) is 6. The van der Waals surface area contributed by atoms with Crippen LogP contribution in [-0.2, 0) is 0 Å². The summed E-state index contributed by atoms with van der Waals surface area (Å²) in [7, 11) is 0. The third-order valence-electron chi connectivity index (χ3n) is 5.41. The van der Waals surface area contributed by atoms with Crippen molar-refractivity contribution in [1.29, 1.82) is 0 Å². The lowest BCUT2D eigenvalue weighted by Crippen LogP contribution is -2.16. The topological polar surface area (TPSA) is 106 Å². The van der Waals surface area contributed by atoms with Gasteiger partial charge in [0.05, 0.1) is 17.6 Å². The van der Waals surface area contributed by atoms with E-state index in [4.69, 9.17) is 4.42 Å². The highest BCUT2D eigenvalue weighted by molar-refractivity contribution is 7.14. The Balaban J connectivity index is 1.46. The fourth-order valence-electron chi connectivity index (χ4n) is 3.95. The number of nitrogens with one attached hydrogen (secondary N) is 2. The summed E-state index contributed by atoms with van der Waals surface area (Å²) in [4.78, 5) is 36.1. The predicted octanol–water partition coefficient (Wildman–Crippen LogP) is 4.75. The first-order valence-corrected chi connectivity index (χ1v) is 10.9. The number of aromatic amines is 1. The number of nitrogens with zero attached hydrogens (tertiary/aromatic N) is 3. The average molecular weight is 463 g/mol. The van der Waals surface area contributed by atoms with E-state index in [1.807, 2.05) is 29.9 Å². The fraction of sp³-hybridized carbons (Fsp3) is 0.130. The number of rotatable bonds is 4. The number of fused-ring (bicyclic) bond motifs is 1. The summed E-state index contributed by atoms with van der Waals surface area (Å²) in [5.41, 5.74) is 4.15. The fourth-order valence-corrected chi connectivity index (χ4v) is 4.66. The minimum absolute atomic E-state index is 0.104. The summed E-state index contributed by atoms with van der Waals surface area (Å²) in [5.74, 6) is -0.492. The lowest BCUT2D eigenvalue weighted by molar-refractivity contribution is 0.102. The molecule has 4 aromatic heterocycles. The summed E-state index contributed by atoms with van der Waals surface area (Å²) in [6.07, 6.45) is 1.23. The van der Waals surface area contributed by atoms with Gasteiger partial charge in [-0.15, -0.1) is 11.3 Å². The molecule has 2 N–H and O–H groups in total. The Hall–Kier alpha value is -4.05. The molecule has 0 aliphatic carbocycles. The lowest BCUT2D eigenvalue weighted by atomic mass is 10.2. The highest BCUT2D eigenvalue weighted by Gasteiger charge is 2.23. The second kappa shape index (κ2) is 7.82. The van der Waals surface area contributed by atoms with Crippen molar-refractivity contribution in [3.63, 3.8) is 0 Å². The van der Waals surface area contributed by atoms with Crippen molar-refractivity contribution in [2.75, 3.05) is 5.32 Å². The third kappa shape index (κ3) is 3.54. The number of furan rings is 1. The predicted molar refractivity (Wildman–Crippen MR) is 124 cm³/mol. The maximum Gasteiger partial charge on any atom is 0.262 e. The molecule has 5 aromatic rings. The monoisotopic (exact) mass is 463 g/mol. The first kappa shape index (κ1) is 20.8. The van der Waals surface area contributed by atoms with Crippen LogP contribution >= 0.6 is 11.3 Å². The summed E-state index contributed by atoms with van der Waals surface area (Å²) in [6.45, 7) is 5.53. The molecule has 1 aromatic carbocycles. The van der Waals surface area contributed by atoms with E-state index in [1.165, 1.54) is 29.8 Å². The molecule has 4 heterocycles. The van der Waals surface area contributed by atoms with Gasteiger partial charge in [-0.25, -0.2) is 14.4 Å². The van der Waals surface area contributed by atoms with Crippen LogP contribution in [0.2, 0.25) is 0 Å². The number of thiazole rings is 1. The molecule has 0 saturated carbocycles. The Morgan fingerprint density at radius 3 is 2.73 bits per heavy atom. The minimum Gasteiger partial charge on any atom is -0.442 e. The molecule has 8 nitrogen and oxygen atoms in total. The normalized spacial score (nSPS) is 11.3. The maximum atomic E-state index is 13.3. The number of benzene rings is 1. The van der Waals surface area contributed by atoms with Gasteiger partial charge in [0.2, 0.25) is 5.71 Å². The van der Waals surface area contributed by atoms with Crippen molar-refractivity contribution >= 4 is 33.5 Å². The maximum absolute atomic E-state index is 13.3. The molecule has 0 bridgehead atoms. The molecule has 0 atom stereocenters. The van der Waals surface area contributed by atoms with Crippen LogP contribution in [0.3, 0.4) is 0 Å². The summed E-state index contributed by atoms with van der Waals surface area (Å²) in [5, 5.41) is 5.09. The van der Waals surface area contributed by atoms with Crippen LogP contribution in [0.5, 0.6) is 0 Å². The van der Waals surface area contributed by atoms with Crippen molar-refractivity contribution in [2.24, 2.45) is 0 Å². The van der Waals surface area contributed by atoms with Crippen LogP contribution in [0.25, 0.3) is 28.0 Å². The zero-order valence-electron chi connectivity index (χ0n) is 17.9. The molecule has 5 rings (SSSR count). The number of H-pyrrole nitrogens is 1. The van der Waals surface area contributed by atoms with Gasteiger partial charge < -0.3 is 14.0 Å². The van der Waals surface area contributed by atoms with Gasteiger partial charge in [0.15, 0.2) is 5.13 Å². The van der Waals surface area contributed by atoms with Crippen LogP contribution in [0.15, 0.2) is 51.3 Å². The van der Waals surface area contributed by atoms with Crippen LogP contribution in [0.1, 0.15) is 27.5 Å². The summed E-state index contributed by atoms with van der Waals surface area (Å²) < 4.78 is 20.8. The first-order chi connectivity index (χ1) is 15.8. The van der Waals surface area contributed by atoms with Crippen molar-refractivity contribution < 1.29 is 13.6 Å². The summed E-state index contributed by atoms with van der Waals surface area (Å²) >= 11 is 1.27. The molecule has 0 spiro atoms. The Morgan fingerprint density at radius 1 is 1.21 bits per heavy atom. The molecule has 0 radical (unpaired) electrons. The Kier molecular flexibility index (Phi) is 4.94. The van der Waals surface area contributed by atoms with Crippen LogP contribution in [-0.4, -0.2) is 25.4 Å². The van der Waals surface area contributed by atoms with Gasteiger partial charge in [0, 0.05) is 28.0 Å². The standard InChI is InChI=1S/C23H18FN5O3S/c1-11-8-16(12(2)29(11)15-6-4-14(24)5-7-15)17-9-33-23(27-17)28-21(31)18-13(3)32-22-19(18)20(30)25-10-26-22/h4-10H,1-3H3,(H,25,26,30)(H,27,28,31). The number of amides is 1. The average Bonchev–Trinajstić information content (AvgIpc) is 3.45.